The second-order valence-electron chi connectivity index (χ2n) is 4.62. The molecule has 4 heteroatoms. The van der Waals surface area contributed by atoms with Gasteiger partial charge in [-0.05, 0) is 36.4 Å². The smallest absolute Gasteiger partial charge is 0.197 e. The fourth-order valence-corrected chi connectivity index (χ4v) is 2.27. The number of hydrogen-bond acceptors (Lipinski definition) is 4. The summed E-state index contributed by atoms with van der Waals surface area (Å²) in [5.74, 6) is 0.504. The number of phenols is 1. The number of benzene rings is 2. The molecular weight excluding hydrogens is 266 g/mol. The first kappa shape index (κ1) is 12.9. The van der Waals surface area contributed by atoms with Crippen LogP contribution in [-0.4, -0.2) is 5.11 Å². The van der Waals surface area contributed by atoms with E-state index in [1.165, 1.54) is 12.1 Å². The van der Waals surface area contributed by atoms with Crippen LogP contribution in [0.25, 0.3) is 22.3 Å². The second-order valence-corrected chi connectivity index (χ2v) is 4.62. The summed E-state index contributed by atoms with van der Waals surface area (Å²) < 4.78 is 5.82. The molecule has 0 saturated heterocycles. The molecule has 0 aliphatic rings. The Morgan fingerprint density at radius 2 is 1.81 bits per heavy atom. The monoisotopic (exact) mass is 277 g/mol. The molecule has 0 unspecified atom stereocenters. The third-order valence-corrected chi connectivity index (χ3v) is 3.28. The molecule has 0 radical (unpaired) electrons. The molecule has 4 nitrogen and oxygen atoms in total. The van der Waals surface area contributed by atoms with E-state index in [9.17, 15) is 9.90 Å². The molecule has 0 amide bonds. The SMILES string of the molecule is N#CCc1c(-c2ccc(O)cc2)oc2ccccc2c1=O. The molecule has 102 valence electrons. The Labute approximate surface area is 120 Å². The highest BCUT2D eigenvalue weighted by atomic mass is 16.3. The van der Waals surface area contributed by atoms with Crippen molar-refractivity contribution in [1.82, 2.24) is 0 Å². The number of nitriles is 1. The van der Waals surface area contributed by atoms with Crippen LogP contribution in [-0.2, 0) is 6.42 Å². The maximum Gasteiger partial charge on any atom is 0.197 e. The first-order valence-corrected chi connectivity index (χ1v) is 6.42. The Bertz CT molecular complexity index is 902. The van der Waals surface area contributed by atoms with Crippen molar-refractivity contribution in [2.24, 2.45) is 0 Å². The second kappa shape index (κ2) is 5.14. The molecule has 0 spiro atoms. The van der Waals surface area contributed by atoms with E-state index in [-0.39, 0.29) is 17.6 Å². The summed E-state index contributed by atoms with van der Waals surface area (Å²) in [7, 11) is 0. The van der Waals surface area contributed by atoms with Gasteiger partial charge in [-0.2, -0.15) is 5.26 Å². The third-order valence-electron chi connectivity index (χ3n) is 3.28. The number of aromatic hydroxyl groups is 1. The molecule has 0 aliphatic heterocycles. The number of rotatable bonds is 2. The van der Waals surface area contributed by atoms with E-state index in [2.05, 4.69) is 0 Å². The molecule has 0 bridgehead atoms. The van der Waals surface area contributed by atoms with Crippen LogP contribution >= 0.6 is 0 Å². The van der Waals surface area contributed by atoms with Crippen LogP contribution in [0.2, 0.25) is 0 Å². The van der Waals surface area contributed by atoms with Crippen LogP contribution in [0.4, 0.5) is 0 Å². The quantitative estimate of drug-likeness (QED) is 0.780. The summed E-state index contributed by atoms with van der Waals surface area (Å²) in [6, 6.07) is 15.3. The predicted octanol–water partition coefficient (Wildman–Crippen LogP) is 3.23. The molecule has 0 fully saturated rings. The topological polar surface area (TPSA) is 74.2 Å². The lowest BCUT2D eigenvalue weighted by Gasteiger charge is -2.08. The lowest BCUT2D eigenvalue weighted by atomic mass is 10.0. The zero-order chi connectivity index (χ0) is 14.8. The summed E-state index contributed by atoms with van der Waals surface area (Å²) in [5.41, 5.74) is 1.27. The average molecular weight is 277 g/mol. The maximum atomic E-state index is 12.5. The van der Waals surface area contributed by atoms with E-state index in [1.807, 2.05) is 6.07 Å². The predicted molar refractivity (Wildman–Crippen MR) is 78.9 cm³/mol. The standard InChI is InChI=1S/C17H11NO3/c18-10-9-14-16(20)13-3-1-2-4-15(13)21-17(14)11-5-7-12(19)8-6-11/h1-8,19H,9H2. The maximum absolute atomic E-state index is 12.5. The summed E-state index contributed by atoms with van der Waals surface area (Å²) in [4.78, 5) is 12.5. The normalized spacial score (nSPS) is 10.4. The van der Waals surface area contributed by atoms with Crippen molar-refractivity contribution in [2.75, 3.05) is 0 Å². The first-order chi connectivity index (χ1) is 10.2. The average Bonchev–Trinajstić information content (AvgIpc) is 2.51. The van der Waals surface area contributed by atoms with Crippen molar-refractivity contribution >= 4 is 11.0 Å². The molecule has 0 aliphatic carbocycles. The first-order valence-electron chi connectivity index (χ1n) is 6.42. The van der Waals surface area contributed by atoms with Crippen molar-refractivity contribution in [2.45, 2.75) is 6.42 Å². The van der Waals surface area contributed by atoms with Gasteiger partial charge in [0.25, 0.3) is 0 Å². The van der Waals surface area contributed by atoms with Crippen LogP contribution < -0.4 is 5.43 Å². The molecule has 1 aromatic heterocycles. The lowest BCUT2D eigenvalue weighted by molar-refractivity contribution is 0.475. The van der Waals surface area contributed by atoms with Crippen LogP contribution in [0.15, 0.2) is 57.7 Å². The molecule has 21 heavy (non-hydrogen) atoms. The number of hydrogen-bond donors (Lipinski definition) is 1. The van der Waals surface area contributed by atoms with Gasteiger partial charge in [0.1, 0.15) is 17.1 Å². The Morgan fingerprint density at radius 1 is 1.10 bits per heavy atom. The molecule has 3 aromatic rings. The van der Waals surface area contributed by atoms with Gasteiger partial charge in [0.2, 0.25) is 0 Å². The van der Waals surface area contributed by atoms with E-state index in [4.69, 9.17) is 9.68 Å². The molecule has 0 atom stereocenters. The van der Waals surface area contributed by atoms with E-state index in [0.717, 1.165) is 0 Å². The minimum absolute atomic E-state index is 0.0244. The molecule has 1 N–H and O–H groups in total. The highest BCUT2D eigenvalue weighted by Gasteiger charge is 2.15. The van der Waals surface area contributed by atoms with Crippen LogP contribution in [0.5, 0.6) is 5.75 Å². The Balaban J connectivity index is 2.35. The van der Waals surface area contributed by atoms with E-state index < -0.39 is 0 Å². The van der Waals surface area contributed by atoms with Crippen molar-refractivity contribution < 1.29 is 9.52 Å². The van der Waals surface area contributed by atoms with Gasteiger partial charge in [-0.15, -0.1) is 0 Å². The molecule has 0 saturated carbocycles. The minimum Gasteiger partial charge on any atom is -0.508 e. The summed E-state index contributed by atoms with van der Waals surface area (Å²) in [6.45, 7) is 0. The van der Waals surface area contributed by atoms with E-state index in [1.54, 1.807) is 36.4 Å². The Kier molecular flexibility index (Phi) is 3.17. The molecule has 3 rings (SSSR count). The zero-order valence-electron chi connectivity index (χ0n) is 11.0. The van der Waals surface area contributed by atoms with Gasteiger partial charge in [-0.25, -0.2) is 0 Å². The van der Waals surface area contributed by atoms with Gasteiger partial charge in [-0.1, -0.05) is 12.1 Å². The van der Waals surface area contributed by atoms with Gasteiger partial charge in [0, 0.05) is 5.56 Å². The van der Waals surface area contributed by atoms with Gasteiger partial charge in [0.15, 0.2) is 5.43 Å². The molecular formula is C17H11NO3. The fourth-order valence-electron chi connectivity index (χ4n) is 2.27. The number of fused-ring (bicyclic) bond motifs is 1. The molecule has 1 heterocycles. The third kappa shape index (κ3) is 2.26. The fraction of sp³-hybridized carbons (Fsp3) is 0.0588. The van der Waals surface area contributed by atoms with Crippen molar-refractivity contribution in [3.8, 4) is 23.1 Å². The van der Waals surface area contributed by atoms with Crippen LogP contribution in [0, 0.1) is 11.3 Å². The number of nitrogens with zero attached hydrogens (tertiary/aromatic N) is 1. The van der Waals surface area contributed by atoms with E-state index >= 15 is 0 Å². The zero-order valence-corrected chi connectivity index (χ0v) is 11.0. The minimum atomic E-state index is -0.193. The largest absolute Gasteiger partial charge is 0.508 e. The van der Waals surface area contributed by atoms with Crippen molar-refractivity contribution in [3.05, 3.63) is 64.3 Å². The lowest BCUT2D eigenvalue weighted by Crippen LogP contribution is -2.10. The highest BCUT2D eigenvalue weighted by molar-refractivity contribution is 5.80. The van der Waals surface area contributed by atoms with Gasteiger partial charge >= 0.3 is 0 Å². The van der Waals surface area contributed by atoms with Gasteiger partial charge in [-0.3, -0.25) is 4.79 Å². The van der Waals surface area contributed by atoms with Crippen molar-refractivity contribution in [1.29, 1.82) is 5.26 Å². The number of para-hydroxylation sites is 1. The van der Waals surface area contributed by atoms with E-state index in [0.29, 0.717) is 27.9 Å². The van der Waals surface area contributed by atoms with Gasteiger partial charge < -0.3 is 9.52 Å². The highest BCUT2D eigenvalue weighted by Crippen LogP contribution is 2.27. The van der Waals surface area contributed by atoms with Crippen molar-refractivity contribution in [3.63, 3.8) is 0 Å². The molecule has 2 aromatic carbocycles. The Hall–Kier alpha value is -3.06. The summed E-state index contributed by atoms with van der Waals surface area (Å²) in [6.07, 6.45) is -0.0244. The summed E-state index contributed by atoms with van der Waals surface area (Å²) in [5, 5.41) is 18.8. The van der Waals surface area contributed by atoms with Crippen LogP contribution in [0.1, 0.15) is 5.56 Å². The van der Waals surface area contributed by atoms with Gasteiger partial charge in [0.05, 0.1) is 23.4 Å². The Morgan fingerprint density at radius 3 is 2.52 bits per heavy atom. The summed E-state index contributed by atoms with van der Waals surface area (Å²) >= 11 is 0. The number of phenolic OH excluding ortho intramolecular Hbond substituents is 1. The van der Waals surface area contributed by atoms with Crippen LogP contribution in [0.3, 0.4) is 0 Å².